The number of rotatable bonds is 4. The molecule has 3 atom stereocenters. The number of nitrogens with two attached hydrogens (primary N) is 1. The minimum absolute atomic E-state index is 0.0150. The Balaban J connectivity index is 2.55. The van der Waals surface area contributed by atoms with E-state index in [1.54, 1.807) is 11.9 Å². The third-order valence-electron chi connectivity index (χ3n) is 3.20. The molecule has 4 nitrogen and oxygen atoms in total. The van der Waals surface area contributed by atoms with Gasteiger partial charge in [-0.25, -0.2) is 0 Å². The third kappa shape index (κ3) is 3.15. The summed E-state index contributed by atoms with van der Waals surface area (Å²) in [4.78, 5) is 14.3. The van der Waals surface area contributed by atoms with Gasteiger partial charge >= 0.3 is 0 Å². The van der Waals surface area contributed by atoms with E-state index in [-0.39, 0.29) is 24.0 Å². The van der Waals surface area contributed by atoms with Crippen molar-refractivity contribution in [3.63, 3.8) is 0 Å². The van der Waals surface area contributed by atoms with Crippen molar-refractivity contribution >= 4 is 23.1 Å². The van der Waals surface area contributed by atoms with Gasteiger partial charge in [0.25, 0.3) is 0 Å². The summed E-state index contributed by atoms with van der Waals surface area (Å²) in [5, 5.41) is 0. The van der Waals surface area contributed by atoms with Crippen LogP contribution in [-0.4, -0.2) is 41.6 Å². The van der Waals surface area contributed by atoms with Gasteiger partial charge in [0.1, 0.15) is 0 Å². The Hall–Kier alpha value is -0.680. The summed E-state index contributed by atoms with van der Waals surface area (Å²) in [5.74, 6) is 0.118. The molecule has 0 saturated carbocycles. The van der Waals surface area contributed by atoms with Crippen LogP contribution in [0.2, 0.25) is 0 Å². The second-order valence-electron chi connectivity index (χ2n) is 4.44. The van der Waals surface area contributed by atoms with Crippen LogP contribution < -0.4 is 5.73 Å². The molecule has 0 aliphatic carbocycles. The van der Waals surface area contributed by atoms with Crippen LogP contribution >= 0.6 is 12.2 Å². The molecule has 16 heavy (non-hydrogen) atoms. The first-order chi connectivity index (χ1) is 7.43. The van der Waals surface area contributed by atoms with Crippen molar-refractivity contribution in [1.29, 1.82) is 0 Å². The topological polar surface area (TPSA) is 55.6 Å². The van der Waals surface area contributed by atoms with Crippen LogP contribution in [0.25, 0.3) is 0 Å². The summed E-state index contributed by atoms with van der Waals surface area (Å²) in [6.07, 6.45) is 1.40. The standard InChI is InChI=1S/C11H20N2O2S/c1-7(6-10(12)16)13(3)11(14)9-4-5-15-8(9)2/h7-9H,4-6H2,1-3H3,(H2,12,16). The molecular weight excluding hydrogens is 224 g/mol. The molecule has 1 saturated heterocycles. The lowest BCUT2D eigenvalue weighted by Crippen LogP contribution is -2.42. The van der Waals surface area contributed by atoms with Crippen molar-refractivity contribution in [3.05, 3.63) is 0 Å². The van der Waals surface area contributed by atoms with Crippen molar-refractivity contribution in [2.75, 3.05) is 13.7 Å². The quantitative estimate of drug-likeness (QED) is 0.748. The first kappa shape index (κ1) is 13.4. The van der Waals surface area contributed by atoms with Crippen LogP contribution in [0.5, 0.6) is 0 Å². The number of hydrogen-bond donors (Lipinski definition) is 1. The van der Waals surface area contributed by atoms with Gasteiger partial charge < -0.3 is 15.4 Å². The van der Waals surface area contributed by atoms with Crippen LogP contribution in [0.15, 0.2) is 0 Å². The largest absolute Gasteiger partial charge is 0.393 e. The van der Waals surface area contributed by atoms with Gasteiger partial charge in [-0.1, -0.05) is 12.2 Å². The number of hydrogen-bond acceptors (Lipinski definition) is 3. The highest BCUT2D eigenvalue weighted by atomic mass is 32.1. The second kappa shape index (κ2) is 5.59. The third-order valence-corrected chi connectivity index (χ3v) is 3.37. The highest BCUT2D eigenvalue weighted by Gasteiger charge is 2.33. The molecule has 92 valence electrons. The van der Waals surface area contributed by atoms with Gasteiger partial charge in [0.2, 0.25) is 5.91 Å². The zero-order valence-corrected chi connectivity index (χ0v) is 10.9. The van der Waals surface area contributed by atoms with Gasteiger partial charge in [-0.2, -0.15) is 0 Å². The van der Waals surface area contributed by atoms with E-state index in [1.165, 1.54) is 0 Å². The summed E-state index contributed by atoms with van der Waals surface area (Å²) in [6.45, 7) is 4.58. The number of carbonyl (C=O) groups is 1. The average Bonchev–Trinajstić information content (AvgIpc) is 2.61. The monoisotopic (exact) mass is 244 g/mol. The van der Waals surface area contributed by atoms with Crippen molar-refractivity contribution in [3.8, 4) is 0 Å². The number of nitrogens with zero attached hydrogens (tertiary/aromatic N) is 1. The maximum Gasteiger partial charge on any atom is 0.228 e. The fourth-order valence-corrected chi connectivity index (χ4v) is 2.20. The summed E-state index contributed by atoms with van der Waals surface area (Å²) < 4.78 is 5.40. The normalized spacial score (nSPS) is 26.4. The first-order valence-electron chi connectivity index (χ1n) is 5.60. The van der Waals surface area contributed by atoms with Crippen LogP contribution in [0.3, 0.4) is 0 Å². The number of thiocarbonyl (C=S) groups is 1. The van der Waals surface area contributed by atoms with Gasteiger partial charge in [-0.3, -0.25) is 4.79 Å². The van der Waals surface area contributed by atoms with E-state index in [1.807, 2.05) is 13.8 Å². The Morgan fingerprint density at radius 3 is 2.75 bits per heavy atom. The summed E-state index contributed by atoms with van der Waals surface area (Å²) >= 11 is 4.85. The second-order valence-corrected chi connectivity index (χ2v) is 4.96. The molecule has 5 heteroatoms. The van der Waals surface area contributed by atoms with Gasteiger partial charge in [0, 0.05) is 26.1 Å². The molecule has 1 rings (SSSR count). The molecule has 1 heterocycles. The molecule has 1 aliphatic heterocycles. The zero-order chi connectivity index (χ0) is 12.3. The summed E-state index contributed by atoms with van der Waals surface area (Å²) in [7, 11) is 1.80. The molecule has 0 aromatic heterocycles. The molecule has 0 bridgehead atoms. The average molecular weight is 244 g/mol. The van der Waals surface area contributed by atoms with E-state index in [4.69, 9.17) is 22.7 Å². The number of carbonyl (C=O) groups excluding carboxylic acids is 1. The molecule has 0 aromatic rings. The van der Waals surface area contributed by atoms with Gasteiger partial charge in [0.15, 0.2) is 0 Å². The molecular formula is C11H20N2O2S. The van der Waals surface area contributed by atoms with Crippen LogP contribution in [-0.2, 0) is 9.53 Å². The lowest BCUT2D eigenvalue weighted by atomic mass is 10.00. The van der Waals surface area contributed by atoms with Crippen LogP contribution in [0.4, 0.5) is 0 Å². The van der Waals surface area contributed by atoms with Gasteiger partial charge in [0.05, 0.1) is 17.0 Å². The van der Waals surface area contributed by atoms with Crippen molar-refractivity contribution in [2.45, 2.75) is 38.8 Å². The molecule has 2 N–H and O–H groups in total. The Morgan fingerprint density at radius 2 is 2.31 bits per heavy atom. The van der Waals surface area contributed by atoms with Gasteiger partial charge in [-0.15, -0.1) is 0 Å². The number of ether oxygens (including phenoxy) is 1. The molecule has 1 aliphatic rings. The van der Waals surface area contributed by atoms with Crippen molar-refractivity contribution in [2.24, 2.45) is 11.7 Å². The van der Waals surface area contributed by atoms with Crippen LogP contribution in [0.1, 0.15) is 26.7 Å². The molecule has 1 amide bonds. The zero-order valence-electron chi connectivity index (χ0n) is 10.1. The highest BCUT2D eigenvalue weighted by Crippen LogP contribution is 2.23. The maximum atomic E-state index is 12.1. The SMILES string of the molecule is CC1OCCC1C(=O)N(C)C(C)CC(N)=S. The Bertz CT molecular complexity index is 283. The fourth-order valence-electron chi connectivity index (χ4n) is 1.96. The Labute approximate surface area is 102 Å². The fraction of sp³-hybridized carbons (Fsp3) is 0.818. The minimum Gasteiger partial charge on any atom is -0.393 e. The van der Waals surface area contributed by atoms with E-state index in [0.717, 1.165) is 6.42 Å². The Kier molecular flexibility index (Phi) is 4.68. The van der Waals surface area contributed by atoms with Crippen molar-refractivity contribution < 1.29 is 9.53 Å². The van der Waals surface area contributed by atoms with E-state index in [9.17, 15) is 4.79 Å². The van der Waals surface area contributed by atoms with E-state index < -0.39 is 0 Å². The number of amides is 1. The lowest BCUT2D eigenvalue weighted by molar-refractivity contribution is -0.137. The predicted molar refractivity (Wildman–Crippen MR) is 67.2 cm³/mol. The predicted octanol–water partition coefficient (Wildman–Crippen LogP) is 0.934. The van der Waals surface area contributed by atoms with E-state index in [2.05, 4.69) is 0 Å². The van der Waals surface area contributed by atoms with E-state index in [0.29, 0.717) is 18.0 Å². The summed E-state index contributed by atoms with van der Waals surface area (Å²) in [6, 6.07) is 0.0535. The Morgan fingerprint density at radius 1 is 1.69 bits per heavy atom. The first-order valence-corrected chi connectivity index (χ1v) is 6.01. The van der Waals surface area contributed by atoms with Crippen molar-refractivity contribution in [1.82, 2.24) is 4.90 Å². The summed E-state index contributed by atoms with van der Waals surface area (Å²) in [5.41, 5.74) is 5.48. The molecule has 0 radical (unpaired) electrons. The minimum atomic E-state index is -0.0150. The molecule has 0 spiro atoms. The van der Waals surface area contributed by atoms with Gasteiger partial charge in [-0.05, 0) is 20.3 Å². The van der Waals surface area contributed by atoms with E-state index >= 15 is 0 Å². The highest BCUT2D eigenvalue weighted by molar-refractivity contribution is 7.80. The molecule has 0 aromatic carbocycles. The lowest BCUT2D eigenvalue weighted by Gasteiger charge is -2.28. The smallest absolute Gasteiger partial charge is 0.228 e. The van der Waals surface area contributed by atoms with Crippen LogP contribution in [0, 0.1) is 5.92 Å². The maximum absolute atomic E-state index is 12.1. The molecule has 1 fully saturated rings. The molecule has 3 unspecified atom stereocenters.